The second-order valence-electron chi connectivity index (χ2n) is 4.86. The van der Waals surface area contributed by atoms with Crippen LogP contribution in [0.4, 0.5) is 10.8 Å². The molecular weight excluding hydrogens is 330 g/mol. The molecule has 120 valence electrons. The summed E-state index contributed by atoms with van der Waals surface area (Å²) in [5.41, 5.74) is 0.998. The number of benzene rings is 1. The largest absolute Gasteiger partial charge is 0.338 e. The molecule has 0 aliphatic carbocycles. The minimum absolute atomic E-state index is 0.610. The molecule has 23 heavy (non-hydrogen) atoms. The van der Waals surface area contributed by atoms with Gasteiger partial charge in [0.2, 0.25) is 11.0 Å². The van der Waals surface area contributed by atoms with Crippen molar-refractivity contribution in [1.82, 2.24) is 20.3 Å². The molecule has 3 aromatic rings. The monoisotopic (exact) mass is 347 g/mol. The number of unbranched alkanes of at least 4 members (excludes halogenated alkanes) is 1. The van der Waals surface area contributed by atoms with E-state index in [4.69, 9.17) is 4.52 Å². The molecule has 2 heterocycles. The van der Waals surface area contributed by atoms with Crippen LogP contribution in [0, 0.1) is 0 Å². The highest BCUT2D eigenvalue weighted by Gasteiger charge is 2.10. The highest BCUT2D eigenvalue weighted by molar-refractivity contribution is 8.00. The third-order valence-corrected chi connectivity index (χ3v) is 4.97. The van der Waals surface area contributed by atoms with Crippen LogP contribution in [0.5, 0.6) is 0 Å². The van der Waals surface area contributed by atoms with Gasteiger partial charge in [0.15, 0.2) is 10.2 Å². The van der Waals surface area contributed by atoms with Crippen molar-refractivity contribution in [1.29, 1.82) is 0 Å². The normalized spacial score (nSPS) is 10.8. The lowest BCUT2D eigenvalue weighted by molar-refractivity contribution is 0.384. The minimum Gasteiger partial charge on any atom is -0.338 e. The van der Waals surface area contributed by atoms with Gasteiger partial charge >= 0.3 is 0 Å². The van der Waals surface area contributed by atoms with Crippen molar-refractivity contribution in [2.45, 2.75) is 36.3 Å². The first-order valence-electron chi connectivity index (χ1n) is 7.43. The van der Waals surface area contributed by atoms with E-state index in [0.717, 1.165) is 40.2 Å². The summed E-state index contributed by atoms with van der Waals surface area (Å²) < 4.78 is 6.12. The molecule has 0 bridgehead atoms. The Morgan fingerprint density at radius 1 is 1.22 bits per heavy atom. The van der Waals surface area contributed by atoms with E-state index in [1.807, 2.05) is 30.3 Å². The Balaban J connectivity index is 1.52. The molecule has 0 saturated heterocycles. The molecule has 1 aromatic carbocycles. The summed E-state index contributed by atoms with van der Waals surface area (Å²) in [6.07, 6.45) is 3.08. The molecule has 0 unspecified atom stereocenters. The lowest BCUT2D eigenvalue weighted by Crippen LogP contribution is -1.88. The second-order valence-corrected chi connectivity index (χ2v) is 7.06. The maximum Gasteiger partial charge on any atom is 0.237 e. The topological polar surface area (TPSA) is 76.7 Å². The zero-order valence-electron chi connectivity index (χ0n) is 12.7. The van der Waals surface area contributed by atoms with Crippen LogP contribution < -0.4 is 5.32 Å². The molecule has 3 rings (SSSR count). The van der Waals surface area contributed by atoms with Crippen LogP contribution in [0.15, 0.2) is 39.2 Å². The summed E-state index contributed by atoms with van der Waals surface area (Å²) in [5, 5.41) is 16.3. The number of hydrogen-bond donors (Lipinski definition) is 1. The van der Waals surface area contributed by atoms with E-state index in [1.54, 1.807) is 11.8 Å². The number of aromatic nitrogens is 4. The first-order chi connectivity index (χ1) is 11.3. The van der Waals surface area contributed by atoms with E-state index in [1.165, 1.54) is 11.3 Å². The predicted octanol–water partition coefficient (Wildman–Crippen LogP) is 4.30. The SMILES string of the molecule is CCCCc1noc(CSc2nnc(Nc3ccccc3)s2)n1. The van der Waals surface area contributed by atoms with E-state index in [9.17, 15) is 0 Å². The highest BCUT2D eigenvalue weighted by Crippen LogP contribution is 2.29. The fourth-order valence-corrected chi connectivity index (χ4v) is 3.48. The molecule has 0 aliphatic heterocycles. The van der Waals surface area contributed by atoms with Crippen LogP contribution in [0.1, 0.15) is 31.5 Å². The van der Waals surface area contributed by atoms with Gasteiger partial charge in [-0.1, -0.05) is 59.8 Å². The van der Waals surface area contributed by atoms with Crippen molar-refractivity contribution >= 4 is 33.9 Å². The van der Waals surface area contributed by atoms with E-state index in [0.29, 0.717) is 11.6 Å². The van der Waals surface area contributed by atoms with E-state index in [2.05, 4.69) is 32.6 Å². The number of hydrogen-bond acceptors (Lipinski definition) is 8. The number of para-hydroxylation sites is 1. The maximum absolute atomic E-state index is 5.24. The van der Waals surface area contributed by atoms with E-state index >= 15 is 0 Å². The molecule has 0 spiro atoms. The van der Waals surface area contributed by atoms with Crippen molar-refractivity contribution in [2.24, 2.45) is 0 Å². The van der Waals surface area contributed by atoms with Crippen LogP contribution in [0.25, 0.3) is 0 Å². The van der Waals surface area contributed by atoms with Gasteiger partial charge in [-0.2, -0.15) is 4.98 Å². The van der Waals surface area contributed by atoms with Gasteiger partial charge in [0.05, 0.1) is 5.75 Å². The van der Waals surface area contributed by atoms with Gasteiger partial charge in [0, 0.05) is 12.1 Å². The number of anilines is 2. The van der Waals surface area contributed by atoms with Gasteiger partial charge in [0.25, 0.3) is 0 Å². The van der Waals surface area contributed by atoms with Crippen LogP contribution in [-0.2, 0) is 12.2 Å². The number of thioether (sulfide) groups is 1. The summed E-state index contributed by atoms with van der Waals surface area (Å²) in [6, 6.07) is 9.91. The Morgan fingerprint density at radius 2 is 2.09 bits per heavy atom. The molecule has 0 radical (unpaired) electrons. The molecular formula is C15H17N5OS2. The number of nitrogens with zero attached hydrogens (tertiary/aromatic N) is 4. The standard InChI is InChI=1S/C15H17N5OS2/c1-2-3-9-12-17-13(21-20-12)10-22-15-19-18-14(23-15)16-11-7-5-4-6-8-11/h4-8H,2-3,9-10H2,1H3,(H,16,18). The summed E-state index contributed by atoms with van der Waals surface area (Å²) >= 11 is 3.06. The van der Waals surface area contributed by atoms with Gasteiger partial charge in [-0.25, -0.2) is 0 Å². The average Bonchev–Trinajstić information content (AvgIpc) is 3.21. The molecule has 0 amide bonds. The van der Waals surface area contributed by atoms with Gasteiger partial charge in [-0.3, -0.25) is 0 Å². The molecule has 2 aromatic heterocycles. The first-order valence-corrected chi connectivity index (χ1v) is 9.23. The van der Waals surface area contributed by atoms with Gasteiger partial charge in [0.1, 0.15) is 0 Å². The highest BCUT2D eigenvalue weighted by atomic mass is 32.2. The molecule has 0 fully saturated rings. The van der Waals surface area contributed by atoms with Crippen molar-refractivity contribution in [3.63, 3.8) is 0 Å². The lowest BCUT2D eigenvalue weighted by atomic mass is 10.2. The van der Waals surface area contributed by atoms with Crippen molar-refractivity contribution < 1.29 is 4.52 Å². The molecule has 0 aliphatic rings. The Kier molecular flexibility index (Phi) is 5.60. The molecule has 0 atom stereocenters. The van der Waals surface area contributed by atoms with Gasteiger partial charge < -0.3 is 9.84 Å². The first kappa shape index (κ1) is 15.9. The average molecular weight is 347 g/mol. The van der Waals surface area contributed by atoms with Crippen LogP contribution >= 0.6 is 23.1 Å². The molecule has 0 saturated carbocycles. The second kappa shape index (κ2) is 8.07. The number of rotatable bonds is 8. The van der Waals surface area contributed by atoms with Crippen molar-refractivity contribution in [3.8, 4) is 0 Å². The molecule has 1 N–H and O–H groups in total. The van der Waals surface area contributed by atoms with Gasteiger partial charge in [-0.05, 0) is 18.6 Å². The summed E-state index contributed by atoms with van der Waals surface area (Å²) in [6.45, 7) is 2.15. The quantitative estimate of drug-likeness (QED) is 0.609. The fourth-order valence-electron chi connectivity index (χ4n) is 1.87. The van der Waals surface area contributed by atoms with E-state index in [-0.39, 0.29) is 0 Å². The van der Waals surface area contributed by atoms with Crippen LogP contribution in [-0.4, -0.2) is 20.3 Å². The summed E-state index contributed by atoms with van der Waals surface area (Å²) in [4.78, 5) is 4.38. The van der Waals surface area contributed by atoms with Crippen LogP contribution in [0.3, 0.4) is 0 Å². The summed E-state index contributed by atoms with van der Waals surface area (Å²) in [7, 11) is 0. The summed E-state index contributed by atoms with van der Waals surface area (Å²) in [5.74, 6) is 2.03. The van der Waals surface area contributed by atoms with Crippen LogP contribution in [0.2, 0.25) is 0 Å². The predicted molar refractivity (Wildman–Crippen MR) is 92.1 cm³/mol. The third kappa shape index (κ3) is 4.77. The fraction of sp³-hybridized carbons (Fsp3) is 0.333. The number of aryl methyl sites for hydroxylation is 1. The Bertz CT molecular complexity index is 728. The zero-order valence-corrected chi connectivity index (χ0v) is 14.4. The number of nitrogens with one attached hydrogen (secondary N) is 1. The van der Waals surface area contributed by atoms with E-state index < -0.39 is 0 Å². The molecule has 8 heteroatoms. The maximum atomic E-state index is 5.24. The lowest BCUT2D eigenvalue weighted by Gasteiger charge is -1.99. The molecule has 6 nitrogen and oxygen atoms in total. The minimum atomic E-state index is 0.610. The van der Waals surface area contributed by atoms with Crippen molar-refractivity contribution in [3.05, 3.63) is 42.0 Å². The smallest absolute Gasteiger partial charge is 0.237 e. The third-order valence-electron chi connectivity index (χ3n) is 3.01. The Morgan fingerprint density at radius 3 is 2.91 bits per heavy atom. The Labute approximate surface area is 142 Å². The van der Waals surface area contributed by atoms with Crippen molar-refractivity contribution in [2.75, 3.05) is 5.32 Å². The zero-order chi connectivity index (χ0) is 15.9. The van der Waals surface area contributed by atoms with Gasteiger partial charge in [-0.15, -0.1) is 10.2 Å². The Hall–Kier alpha value is -1.93.